The van der Waals surface area contributed by atoms with Gasteiger partial charge in [-0.15, -0.1) is 0 Å². The van der Waals surface area contributed by atoms with Crippen molar-refractivity contribution in [3.8, 4) is 11.4 Å². The molecule has 3 rings (SSSR count). The highest BCUT2D eigenvalue weighted by Crippen LogP contribution is 2.25. The first kappa shape index (κ1) is 14.3. The SMILES string of the molecule is O=[N+]([O-])c1ccc(-c2ncc(Cl)n2Cc2ccccc2)cc1. The van der Waals surface area contributed by atoms with Crippen LogP contribution < -0.4 is 0 Å². The van der Waals surface area contributed by atoms with Crippen LogP contribution in [0, 0.1) is 10.1 Å². The molecule has 6 heteroatoms. The second-order valence-electron chi connectivity index (χ2n) is 4.78. The van der Waals surface area contributed by atoms with Gasteiger partial charge in [0.15, 0.2) is 0 Å². The van der Waals surface area contributed by atoms with E-state index in [0.717, 1.165) is 11.1 Å². The van der Waals surface area contributed by atoms with Gasteiger partial charge in [0, 0.05) is 17.7 Å². The van der Waals surface area contributed by atoms with E-state index in [0.29, 0.717) is 17.5 Å². The highest BCUT2D eigenvalue weighted by molar-refractivity contribution is 6.29. The first-order chi connectivity index (χ1) is 10.6. The molecule has 0 aliphatic heterocycles. The Labute approximate surface area is 132 Å². The Kier molecular flexibility index (Phi) is 3.89. The summed E-state index contributed by atoms with van der Waals surface area (Å²) >= 11 is 6.22. The predicted molar refractivity (Wildman–Crippen MR) is 84.9 cm³/mol. The second kappa shape index (κ2) is 5.99. The molecule has 1 aromatic heterocycles. The third kappa shape index (κ3) is 2.84. The van der Waals surface area contributed by atoms with Gasteiger partial charge in [-0.2, -0.15) is 0 Å². The summed E-state index contributed by atoms with van der Waals surface area (Å²) in [5, 5.41) is 11.2. The van der Waals surface area contributed by atoms with Gasteiger partial charge < -0.3 is 4.57 Å². The van der Waals surface area contributed by atoms with Crippen molar-refractivity contribution in [1.82, 2.24) is 9.55 Å². The lowest BCUT2D eigenvalue weighted by molar-refractivity contribution is -0.384. The quantitative estimate of drug-likeness (QED) is 0.536. The fourth-order valence-electron chi connectivity index (χ4n) is 2.23. The Balaban J connectivity index is 1.96. The molecule has 0 aliphatic carbocycles. The van der Waals surface area contributed by atoms with Crippen LogP contribution in [0.5, 0.6) is 0 Å². The molecule has 110 valence electrons. The minimum Gasteiger partial charge on any atom is -0.311 e. The minimum atomic E-state index is -0.423. The lowest BCUT2D eigenvalue weighted by Crippen LogP contribution is -2.02. The number of nitrogens with zero attached hydrogens (tertiary/aromatic N) is 3. The summed E-state index contributed by atoms with van der Waals surface area (Å²) in [4.78, 5) is 14.6. The molecule has 3 aromatic rings. The summed E-state index contributed by atoms with van der Waals surface area (Å²) in [6, 6.07) is 16.2. The highest BCUT2D eigenvalue weighted by Gasteiger charge is 2.12. The molecular formula is C16H12ClN3O2. The number of rotatable bonds is 4. The molecule has 0 fully saturated rings. The minimum absolute atomic E-state index is 0.0519. The average molecular weight is 314 g/mol. The Morgan fingerprint density at radius 1 is 1.09 bits per heavy atom. The van der Waals surface area contributed by atoms with Crippen LogP contribution in [0.2, 0.25) is 5.15 Å². The summed E-state index contributed by atoms with van der Waals surface area (Å²) in [5.74, 6) is 0.684. The van der Waals surface area contributed by atoms with Crippen LogP contribution in [0.4, 0.5) is 5.69 Å². The van der Waals surface area contributed by atoms with Crippen LogP contribution in [-0.4, -0.2) is 14.5 Å². The van der Waals surface area contributed by atoms with Crippen LogP contribution in [0.25, 0.3) is 11.4 Å². The van der Waals surface area contributed by atoms with E-state index >= 15 is 0 Å². The Morgan fingerprint density at radius 2 is 1.77 bits per heavy atom. The molecule has 0 amide bonds. The van der Waals surface area contributed by atoms with Gasteiger partial charge in [0.1, 0.15) is 11.0 Å². The van der Waals surface area contributed by atoms with Crippen molar-refractivity contribution < 1.29 is 4.92 Å². The normalized spacial score (nSPS) is 10.6. The largest absolute Gasteiger partial charge is 0.311 e. The second-order valence-corrected chi connectivity index (χ2v) is 5.17. The number of aromatic nitrogens is 2. The zero-order chi connectivity index (χ0) is 15.5. The molecule has 22 heavy (non-hydrogen) atoms. The fraction of sp³-hybridized carbons (Fsp3) is 0.0625. The van der Waals surface area contributed by atoms with Gasteiger partial charge in [-0.05, 0) is 17.7 Å². The third-order valence-electron chi connectivity index (χ3n) is 3.33. The van der Waals surface area contributed by atoms with Crippen molar-refractivity contribution in [2.45, 2.75) is 6.54 Å². The molecule has 0 radical (unpaired) electrons. The topological polar surface area (TPSA) is 61.0 Å². The van der Waals surface area contributed by atoms with Gasteiger partial charge in [-0.1, -0.05) is 41.9 Å². The Hall–Kier alpha value is -2.66. The molecule has 0 saturated heterocycles. The van der Waals surface area contributed by atoms with Crippen LogP contribution in [0.15, 0.2) is 60.8 Å². The molecule has 0 aliphatic rings. The Morgan fingerprint density at radius 3 is 2.41 bits per heavy atom. The number of nitro benzene ring substituents is 1. The smallest absolute Gasteiger partial charge is 0.269 e. The first-order valence-corrected chi connectivity index (χ1v) is 7.03. The molecule has 0 saturated carbocycles. The molecular weight excluding hydrogens is 302 g/mol. The van der Waals surface area contributed by atoms with E-state index in [1.54, 1.807) is 18.3 Å². The maximum Gasteiger partial charge on any atom is 0.269 e. The number of non-ortho nitro benzene ring substituents is 1. The van der Waals surface area contributed by atoms with E-state index in [1.807, 2.05) is 34.9 Å². The first-order valence-electron chi connectivity index (χ1n) is 6.65. The molecule has 0 N–H and O–H groups in total. The molecule has 1 heterocycles. The van der Waals surface area contributed by atoms with E-state index in [9.17, 15) is 10.1 Å². The maximum atomic E-state index is 10.7. The van der Waals surface area contributed by atoms with Crippen LogP contribution in [0.1, 0.15) is 5.56 Å². The van der Waals surface area contributed by atoms with Crippen molar-refractivity contribution in [3.05, 3.63) is 81.6 Å². The van der Waals surface area contributed by atoms with Gasteiger partial charge in [-0.3, -0.25) is 10.1 Å². The highest BCUT2D eigenvalue weighted by atomic mass is 35.5. The number of benzene rings is 2. The Bertz CT molecular complexity index is 798. The summed E-state index contributed by atoms with van der Waals surface area (Å²) in [7, 11) is 0. The van der Waals surface area contributed by atoms with E-state index < -0.39 is 4.92 Å². The molecule has 0 unspecified atom stereocenters. The molecule has 5 nitrogen and oxygen atoms in total. The molecule has 0 atom stereocenters. The summed E-state index contributed by atoms with van der Waals surface area (Å²) < 4.78 is 1.87. The van der Waals surface area contributed by atoms with Crippen molar-refractivity contribution in [3.63, 3.8) is 0 Å². The zero-order valence-electron chi connectivity index (χ0n) is 11.5. The van der Waals surface area contributed by atoms with Crippen molar-refractivity contribution in [2.24, 2.45) is 0 Å². The van der Waals surface area contributed by atoms with Gasteiger partial charge >= 0.3 is 0 Å². The van der Waals surface area contributed by atoms with Gasteiger partial charge in [0.05, 0.1) is 17.7 Å². The third-order valence-corrected chi connectivity index (χ3v) is 3.63. The summed E-state index contributed by atoms with van der Waals surface area (Å²) in [6.45, 7) is 0.589. The number of hydrogen-bond donors (Lipinski definition) is 0. The summed E-state index contributed by atoms with van der Waals surface area (Å²) in [5.41, 5.74) is 1.94. The van der Waals surface area contributed by atoms with Gasteiger partial charge in [-0.25, -0.2) is 4.98 Å². The van der Waals surface area contributed by atoms with Crippen LogP contribution in [0.3, 0.4) is 0 Å². The number of hydrogen-bond acceptors (Lipinski definition) is 3. The van der Waals surface area contributed by atoms with E-state index in [4.69, 9.17) is 11.6 Å². The van der Waals surface area contributed by atoms with Gasteiger partial charge in [0.2, 0.25) is 0 Å². The fourth-order valence-corrected chi connectivity index (χ4v) is 2.42. The predicted octanol–water partition coefficient (Wildman–Crippen LogP) is 4.16. The van der Waals surface area contributed by atoms with Crippen molar-refractivity contribution >= 4 is 17.3 Å². The average Bonchev–Trinajstić information content (AvgIpc) is 2.89. The van der Waals surface area contributed by atoms with Crippen LogP contribution in [-0.2, 0) is 6.54 Å². The van der Waals surface area contributed by atoms with E-state index in [1.165, 1.54) is 12.1 Å². The number of halogens is 1. The standard InChI is InChI=1S/C16H12ClN3O2/c17-15-10-18-16(13-6-8-14(9-7-13)20(21)22)19(15)11-12-4-2-1-3-5-12/h1-10H,11H2. The molecule has 0 spiro atoms. The van der Waals surface area contributed by atoms with Gasteiger partial charge in [0.25, 0.3) is 5.69 Å². The monoisotopic (exact) mass is 313 g/mol. The lowest BCUT2D eigenvalue weighted by Gasteiger charge is -2.09. The zero-order valence-corrected chi connectivity index (χ0v) is 12.3. The van der Waals surface area contributed by atoms with E-state index in [2.05, 4.69) is 4.98 Å². The lowest BCUT2D eigenvalue weighted by atomic mass is 10.2. The molecule has 0 bridgehead atoms. The molecule has 2 aromatic carbocycles. The number of imidazole rings is 1. The maximum absolute atomic E-state index is 10.7. The summed E-state index contributed by atoms with van der Waals surface area (Å²) in [6.07, 6.45) is 1.58. The van der Waals surface area contributed by atoms with Crippen LogP contribution >= 0.6 is 11.6 Å². The van der Waals surface area contributed by atoms with Crippen molar-refractivity contribution in [1.29, 1.82) is 0 Å². The number of nitro groups is 1. The van der Waals surface area contributed by atoms with Crippen molar-refractivity contribution in [2.75, 3.05) is 0 Å². The van der Waals surface area contributed by atoms with E-state index in [-0.39, 0.29) is 5.69 Å².